The van der Waals surface area contributed by atoms with Gasteiger partial charge in [-0.1, -0.05) is 12.1 Å². The largest absolute Gasteiger partial charge is 0.325 e. The molecule has 0 saturated heterocycles. The maximum absolute atomic E-state index is 6.33. The standard InChI is InChI=1S/C16H22ClN3/c1-11-5-4-6-14-15(11)18-16(12(2)17)20(14)10-9-19(3)13-7-8-13/h4-6,12-13H,7-10H2,1-3H3. The van der Waals surface area contributed by atoms with Crippen LogP contribution in [0.4, 0.5) is 0 Å². The van der Waals surface area contributed by atoms with E-state index in [9.17, 15) is 0 Å². The number of fused-ring (bicyclic) bond motifs is 1. The minimum absolute atomic E-state index is 0.0620. The number of rotatable bonds is 5. The number of nitrogens with zero attached hydrogens (tertiary/aromatic N) is 3. The molecule has 1 aromatic heterocycles. The van der Waals surface area contributed by atoms with Gasteiger partial charge in [0.1, 0.15) is 5.82 Å². The summed E-state index contributed by atoms with van der Waals surface area (Å²) in [5.74, 6) is 0.986. The van der Waals surface area contributed by atoms with Crippen molar-refractivity contribution in [2.45, 2.75) is 44.7 Å². The van der Waals surface area contributed by atoms with Crippen LogP contribution in [-0.4, -0.2) is 34.1 Å². The first kappa shape index (κ1) is 13.9. The number of imidazole rings is 1. The van der Waals surface area contributed by atoms with E-state index in [-0.39, 0.29) is 5.38 Å². The lowest BCUT2D eigenvalue weighted by Crippen LogP contribution is -2.25. The van der Waals surface area contributed by atoms with E-state index < -0.39 is 0 Å². The first-order valence-electron chi connectivity index (χ1n) is 7.38. The molecule has 0 amide bonds. The van der Waals surface area contributed by atoms with Crippen molar-refractivity contribution in [2.75, 3.05) is 13.6 Å². The number of halogens is 1. The second-order valence-electron chi connectivity index (χ2n) is 5.89. The van der Waals surface area contributed by atoms with Crippen LogP contribution in [0, 0.1) is 6.92 Å². The van der Waals surface area contributed by atoms with Gasteiger partial charge in [0, 0.05) is 19.1 Å². The molecule has 1 aliphatic carbocycles. The number of likely N-dealkylation sites (N-methyl/N-ethyl adjacent to an activating group) is 1. The zero-order valence-electron chi connectivity index (χ0n) is 12.4. The summed E-state index contributed by atoms with van der Waals surface area (Å²) in [6.07, 6.45) is 2.69. The highest BCUT2D eigenvalue weighted by atomic mass is 35.5. The molecule has 0 bridgehead atoms. The minimum Gasteiger partial charge on any atom is -0.325 e. The molecule has 1 atom stereocenters. The monoisotopic (exact) mass is 291 g/mol. The first-order chi connectivity index (χ1) is 9.58. The third kappa shape index (κ3) is 2.57. The van der Waals surface area contributed by atoms with Crippen LogP contribution in [-0.2, 0) is 6.54 Å². The van der Waals surface area contributed by atoms with Gasteiger partial charge in [0.25, 0.3) is 0 Å². The summed E-state index contributed by atoms with van der Waals surface area (Å²) in [6, 6.07) is 7.15. The van der Waals surface area contributed by atoms with Crippen LogP contribution < -0.4 is 0 Å². The second-order valence-corrected chi connectivity index (χ2v) is 6.55. The lowest BCUT2D eigenvalue weighted by atomic mass is 10.2. The van der Waals surface area contributed by atoms with Gasteiger partial charge in [0.2, 0.25) is 0 Å². The van der Waals surface area contributed by atoms with Gasteiger partial charge in [-0.25, -0.2) is 4.98 Å². The molecule has 2 aromatic rings. The summed E-state index contributed by atoms with van der Waals surface area (Å²) in [4.78, 5) is 7.21. The van der Waals surface area contributed by atoms with Gasteiger partial charge in [0.05, 0.1) is 16.4 Å². The summed E-state index contributed by atoms with van der Waals surface area (Å²) in [5.41, 5.74) is 3.51. The Balaban J connectivity index is 1.93. The van der Waals surface area contributed by atoms with Crippen molar-refractivity contribution < 1.29 is 0 Å². The minimum atomic E-state index is -0.0620. The van der Waals surface area contributed by atoms with E-state index in [0.29, 0.717) is 0 Å². The second kappa shape index (κ2) is 5.38. The third-order valence-electron chi connectivity index (χ3n) is 4.21. The topological polar surface area (TPSA) is 21.1 Å². The third-order valence-corrected chi connectivity index (χ3v) is 4.41. The van der Waals surface area contributed by atoms with Gasteiger partial charge in [-0.3, -0.25) is 0 Å². The van der Waals surface area contributed by atoms with E-state index in [1.54, 1.807) is 0 Å². The van der Waals surface area contributed by atoms with Crippen molar-refractivity contribution in [1.29, 1.82) is 0 Å². The molecule has 1 aliphatic rings. The average Bonchev–Trinajstić information content (AvgIpc) is 3.18. The number of hydrogen-bond donors (Lipinski definition) is 0. The molecule has 3 nitrogen and oxygen atoms in total. The highest BCUT2D eigenvalue weighted by molar-refractivity contribution is 6.20. The Morgan fingerprint density at radius 3 is 2.85 bits per heavy atom. The fourth-order valence-electron chi connectivity index (χ4n) is 2.80. The number of benzene rings is 1. The molecule has 20 heavy (non-hydrogen) atoms. The van der Waals surface area contributed by atoms with Crippen LogP contribution in [0.3, 0.4) is 0 Å². The zero-order chi connectivity index (χ0) is 14.3. The fraction of sp³-hybridized carbons (Fsp3) is 0.562. The summed E-state index contributed by atoms with van der Waals surface area (Å²) < 4.78 is 2.29. The normalized spacial score (nSPS) is 17.1. The smallest absolute Gasteiger partial charge is 0.127 e. The molecule has 1 heterocycles. The van der Waals surface area contributed by atoms with Crippen LogP contribution in [0.25, 0.3) is 11.0 Å². The highest BCUT2D eigenvalue weighted by Gasteiger charge is 2.26. The Morgan fingerprint density at radius 2 is 2.20 bits per heavy atom. The van der Waals surface area contributed by atoms with E-state index in [1.807, 2.05) is 6.92 Å². The summed E-state index contributed by atoms with van der Waals surface area (Å²) in [6.45, 7) is 6.12. The molecule has 0 N–H and O–H groups in total. The Kier molecular flexibility index (Phi) is 3.74. The van der Waals surface area contributed by atoms with Gasteiger partial charge in [-0.15, -0.1) is 11.6 Å². The molecule has 1 fully saturated rings. The lowest BCUT2D eigenvalue weighted by molar-refractivity contribution is 0.309. The van der Waals surface area contributed by atoms with Crippen molar-refractivity contribution in [1.82, 2.24) is 14.5 Å². The van der Waals surface area contributed by atoms with E-state index >= 15 is 0 Å². The predicted octanol–water partition coefficient (Wildman–Crippen LogP) is 3.74. The van der Waals surface area contributed by atoms with Gasteiger partial charge >= 0.3 is 0 Å². The van der Waals surface area contributed by atoms with Crippen LogP contribution in [0.5, 0.6) is 0 Å². The SMILES string of the molecule is Cc1cccc2c1nc(C(C)Cl)n2CCN(C)C1CC1. The molecule has 0 aliphatic heterocycles. The van der Waals surface area contributed by atoms with E-state index in [0.717, 1.165) is 30.5 Å². The Hall–Kier alpha value is -1.06. The van der Waals surface area contributed by atoms with Gasteiger partial charge in [-0.2, -0.15) is 0 Å². The summed E-state index contributed by atoms with van der Waals surface area (Å²) in [7, 11) is 2.21. The Bertz CT molecular complexity index is 613. The predicted molar refractivity (Wildman–Crippen MR) is 84.4 cm³/mol. The molecular weight excluding hydrogens is 270 g/mol. The van der Waals surface area contributed by atoms with E-state index in [2.05, 4.69) is 41.6 Å². The lowest BCUT2D eigenvalue weighted by Gasteiger charge is -2.18. The van der Waals surface area contributed by atoms with E-state index in [1.165, 1.54) is 23.9 Å². The number of aromatic nitrogens is 2. The van der Waals surface area contributed by atoms with Crippen LogP contribution in [0.15, 0.2) is 18.2 Å². The molecule has 1 aromatic carbocycles. The van der Waals surface area contributed by atoms with Crippen molar-refractivity contribution >= 4 is 22.6 Å². The van der Waals surface area contributed by atoms with Crippen molar-refractivity contribution in [2.24, 2.45) is 0 Å². The Morgan fingerprint density at radius 1 is 1.45 bits per heavy atom. The molecule has 108 valence electrons. The average molecular weight is 292 g/mol. The highest BCUT2D eigenvalue weighted by Crippen LogP contribution is 2.28. The van der Waals surface area contributed by atoms with Crippen molar-refractivity contribution in [3.8, 4) is 0 Å². The number of hydrogen-bond acceptors (Lipinski definition) is 2. The maximum atomic E-state index is 6.33. The van der Waals surface area contributed by atoms with Crippen LogP contribution in [0.2, 0.25) is 0 Å². The fourth-order valence-corrected chi connectivity index (χ4v) is 2.97. The van der Waals surface area contributed by atoms with Crippen LogP contribution in [0.1, 0.15) is 36.5 Å². The molecule has 1 saturated carbocycles. The number of alkyl halides is 1. The van der Waals surface area contributed by atoms with Crippen LogP contribution >= 0.6 is 11.6 Å². The maximum Gasteiger partial charge on any atom is 0.127 e. The molecule has 1 unspecified atom stereocenters. The molecule has 3 rings (SSSR count). The summed E-state index contributed by atoms with van der Waals surface area (Å²) in [5, 5.41) is -0.0620. The molecular formula is C16H22ClN3. The molecule has 0 radical (unpaired) electrons. The van der Waals surface area contributed by atoms with Gasteiger partial charge < -0.3 is 9.47 Å². The number of aryl methyl sites for hydroxylation is 1. The molecule has 4 heteroatoms. The summed E-state index contributed by atoms with van der Waals surface area (Å²) >= 11 is 6.33. The van der Waals surface area contributed by atoms with Gasteiger partial charge in [0.15, 0.2) is 0 Å². The molecule has 0 spiro atoms. The van der Waals surface area contributed by atoms with E-state index in [4.69, 9.17) is 16.6 Å². The van der Waals surface area contributed by atoms with Crippen molar-refractivity contribution in [3.63, 3.8) is 0 Å². The first-order valence-corrected chi connectivity index (χ1v) is 7.81. The zero-order valence-corrected chi connectivity index (χ0v) is 13.2. The van der Waals surface area contributed by atoms with Crippen molar-refractivity contribution in [3.05, 3.63) is 29.6 Å². The van der Waals surface area contributed by atoms with Gasteiger partial charge in [-0.05, 0) is 45.4 Å². The number of para-hydroxylation sites is 1. The Labute approximate surface area is 125 Å². The quantitative estimate of drug-likeness (QED) is 0.783.